The molecule has 62 valence electrons. The summed E-state index contributed by atoms with van der Waals surface area (Å²) in [7, 11) is 1.98. The van der Waals surface area contributed by atoms with Crippen LogP contribution in [-0.4, -0.2) is 41.0 Å². The van der Waals surface area contributed by atoms with Gasteiger partial charge in [0.15, 0.2) is 0 Å². The van der Waals surface area contributed by atoms with Gasteiger partial charge in [-0.2, -0.15) is 0 Å². The van der Waals surface area contributed by atoms with E-state index in [1.807, 2.05) is 34.0 Å². The summed E-state index contributed by atoms with van der Waals surface area (Å²) >= 11 is 0. The fourth-order valence-electron chi connectivity index (χ4n) is 0.992. The maximum absolute atomic E-state index is 4.15. The van der Waals surface area contributed by atoms with Crippen LogP contribution in [0.25, 0.3) is 0 Å². The summed E-state index contributed by atoms with van der Waals surface area (Å²) in [6, 6.07) is 8.28. The van der Waals surface area contributed by atoms with Crippen molar-refractivity contribution in [1.82, 2.24) is 0 Å². The number of rotatable bonds is 3. The third-order valence-corrected chi connectivity index (χ3v) is 1.78. The van der Waals surface area contributed by atoms with Crippen molar-refractivity contribution in [3.05, 3.63) is 35.4 Å². The van der Waals surface area contributed by atoms with Crippen LogP contribution in [-0.2, 0) is 0 Å². The van der Waals surface area contributed by atoms with Gasteiger partial charge in [-0.3, -0.25) is 0 Å². The predicted molar refractivity (Wildman–Crippen MR) is 70.3 cm³/mol. The van der Waals surface area contributed by atoms with Crippen LogP contribution >= 0.6 is 0 Å². The molecule has 6 heteroatoms. The van der Waals surface area contributed by atoms with E-state index in [0.717, 1.165) is 5.56 Å². The normalized spacial score (nSPS) is 9.79. The number of hydrogen-bond acceptors (Lipinski definition) is 1. The zero-order valence-electron chi connectivity index (χ0n) is 8.64. The third kappa shape index (κ3) is 4.45. The van der Waals surface area contributed by atoms with Gasteiger partial charge in [0.1, 0.15) is 0 Å². The van der Waals surface area contributed by atoms with Gasteiger partial charge in [0.25, 0.3) is 0 Å². The number of nitrogens with zero attached hydrogens (tertiary/aromatic N) is 1. The molecular formula is C8H10B5N. The monoisotopic (exact) mass is 175 g/mol. The molecule has 0 bridgehead atoms. The van der Waals surface area contributed by atoms with E-state index in [1.165, 1.54) is 5.56 Å². The molecule has 0 heterocycles. The van der Waals surface area contributed by atoms with E-state index < -0.39 is 0 Å². The van der Waals surface area contributed by atoms with Gasteiger partial charge in [-0.1, -0.05) is 0 Å². The zero-order valence-corrected chi connectivity index (χ0v) is 8.64. The first-order valence-corrected chi connectivity index (χ1v) is 4.70. The Kier molecular flexibility index (Phi) is 5.35. The van der Waals surface area contributed by atoms with Crippen molar-refractivity contribution in [3.63, 3.8) is 0 Å². The Morgan fingerprint density at radius 3 is 2.57 bits per heavy atom. The first-order valence-electron chi connectivity index (χ1n) is 4.70. The fourth-order valence-corrected chi connectivity index (χ4v) is 0.992. The second-order valence-corrected chi connectivity index (χ2v) is 3.06. The second-order valence-electron chi connectivity index (χ2n) is 3.06. The van der Waals surface area contributed by atoms with E-state index in [2.05, 4.69) is 36.1 Å². The van der Waals surface area contributed by atoms with Crippen molar-refractivity contribution in [2.45, 2.75) is 6.92 Å². The van der Waals surface area contributed by atoms with Crippen LogP contribution in [0.5, 0.6) is 0 Å². The van der Waals surface area contributed by atoms with Crippen LogP contribution in [0, 0.1) is 6.92 Å². The summed E-state index contributed by atoms with van der Waals surface area (Å²) in [4.78, 5) is 4.15. The first-order chi connectivity index (χ1) is 6.83. The molecule has 0 aromatic heterocycles. The van der Waals surface area contributed by atoms with Crippen LogP contribution in [0.2, 0.25) is 0 Å². The van der Waals surface area contributed by atoms with Crippen molar-refractivity contribution in [2.24, 2.45) is 4.90 Å². The molecule has 0 saturated heterocycles. The van der Waals surface area contributed by atoms with Crippen LogP contribution < -0.4 is 0 Å². The minimum absolute atomic E-state index is 1.13. The molecule has 0 aliphatic carbocycles. The second kappa shape index (κ2) is 6.64. The third-order valence-electron chi connectivity index (χ3n) is 1.78. The Morgan fingerprint density at radius 2 is 1.93 bits per heavy atom. The van der Waals surface area contributed by atoms with E-state index in [0.29, 0.717) is 0 Å². The quantitative estimate of drug-likeness (QED) is 0.430. The van der Waals surface area contributed by atoms with Crippen LogP contribution in [0.3, 0.4) is 0 Å². The van der Waals surface area contributed by atoms with Crippen molar-refractivity contribution < 1.29 is 0 Å². The molecule has 0 amide bonds. The van der Waals surface area contributed by atoms with Crippen LogP contribution in [0.4, 0.5) is 0 Å². The standard InChI is InChI=1S/C8H10B5N/c1-7-2-4-8(5-3-7)6-14-13-12-11-10-9/h2-6H,9H2,1H3. The van der Waals surface area contributed by atoms with Crippen LogP contribution in [0.1, 0.15) is 11.1 Å². The molecule has 0 radical (unpaired) electrons. The Bertz CT molecular complexity index is 354. The molecule has 0 unspecified atom stereocenters. The van der Waals surface area contributed by atoms with E-state index in [4.69, 9.17) is 0 Å². The summed E-state index contributed by atoms with van der Waals surface area (Å²) in [5.74, 6) is 0. The number of aryl methyl sites for hydroxylation is 1. The fraction of sp³-hybridized carbons (Fsp3) is 0.125. The summed E-state index contributed by atoms with van der Waals surface area (Å²) < 4.78 is 0. The molecule has 0 aliphatic rings. The van der Waals surface area contributed by atoms with Gasteiger partial charge >= 0.3 is 88.2 Å². The van der Waals surface area contributed by atoms with Crippen molar-refractivity contribution in [3.8, 4) is 0 Å². The van der Waals surface area contributed by atoms with Crippen molar-refractivity contribution in [1.29, 1.82) is 0 Å². The SMILES string of the molecule is BB=BB=BN=Cc1ccc(C)cc1. The topological polar surface area (TPSA) is 12.4 Å². The van der Waals surface area contributed by atoms with Gasteiger partial charge in [-0.15, -0.1) is 0 Å². The molecule has 0 N–H and O–H groups in total. The molecule has 0 aliphatic heterocycles. The van der Waals surface area contributed by atoms with Gasteiger partial charge < -0.3 is 0 Å². The van der Waals surface area contributed by atoms with Crippen LogP contribution in [0.15, 0.2) is 29.2 Å². The van der Waals surface area contributed by atoms with Gasteiger partial charge in [0.2, 0.25) is 0 Å². The molecule has 0 spiro atoms. The predicted octanol–water partition coefficient (Wildman–Crippen LogP) is -0.561. The molecule has 14 heavy (non-hydrogen) atoms. The molecular weight excluding hydrogens is 164 g/mol. The summed E-state index contributed by atoms with van der Waals surface area (Å²) in [6.07, 6.45) is 1.85. The van der Waals surface area contributed by atoms with Gasteiger partial charge in [-0.05, 0) is 0 Å². The van der Waals surface area contributed by atoms with E-state index >= 15 is 0 Å². The molecule has 1 nitrogen and oxygen atoms in total. The van der Waals surface area contributed by atoms with Gasteiger partial charge in [0.05, 0.1) is 0 Å². The summed E-state index contributed by atoms with van der Waals surface area (Å²) in [5, 5.41) is 0. The molecule has 0 fully saturated rings. The molecule has 1 rings (SSSR count). The average molecular weight is 174 g/mol. The van der Waals surface area contributed by atoms with E-state index in [-0.39, 0.29) is 0 Å². The maximum atomic E-state index is 4.15. The zero-order chi connectivity index (χ0) is 10.2. The van der Waals surface area contributed by atoms with Crippen molar-refractivity contribution >= 4 is 41.0 Å². The Balaban J connectivity index is 2.56. The summed E-state index contributed by atoms with van der Waals surface area (Å²) in [5.41, 5.74) is 2.40. The summed E-state index contributed by atoms with van der Waals surface area (Å²) in [6.45, 7) is 9.68. The molecule has 1 aromatic carbocycles. The molecule has 1 aromatic rings. The van der Waals surface area contributed by atoms with Gasteiger partial charge in [-0.25, -0.2) is 0 Å². The average Bonchev–Trinajstić information content (AvgIpc) is 2.21. The number of benzene rings is 1. The van der Waals surface area contributed by atoms with Crippen molar-refractivity contribution in [2.75, 3.05) is 0 Å². The Labute approximate surface area is 88.6 Å². The minimum atomic E-state index is 1.13. The van der Waals surface area contributed by atoms with E-state index in [9.17, 15) is 0 Å². The van der Waals surface area contributed by atoms with Gasteiger partial charge in [0, 0.05) is 0 Å². The first kappa shape index (κ1) is 11.3. The number of hydrogen-bond donors (Lipinski definition) is 0. The Hall–Kier alpha value is -0.785. The van der Waals surface area contributed by atoms with E-state index in [1.54, 1.807) is 6.94 Å². The molecule has 0 atom stereocenters. The molecule has 0 saturated carbocycles. The Morgan fingerprint density at radius 1 is 1.21 bits per heavy atom.